The lowest BCUT2D eigenvalue weighted by molar-refractivity contribution is 0.296. The van der Waals surface area contributed by atoms with Gasteiger partial charge in [0.2, 0.25) is 0 Å². The van der Waals surface area contributed by atoms with E-state index in [4.69, 9.17) is 0 Å². The van der Waals surface area contributed by atoms with Gasteiger partial charge in [0.15, 0.2) is 0 Å². The van der Waals surface area contributed by atoms with Gasteiger partial charge >= 0.3 is 0 Å². The van der Waals surface area contributed by atoms with Crippen molar-refractivity contribution in [1.29, 1.82) is 0 Å². The molecule has 2 heteroatoms. The zero-order chi connectivity index (χ0) is 24.8. The van der Waals surface area contributed by atoms with E-state index in [9.17, 15) is 0 Å². The molecule has 184 valence electrons. The minimum absolute atomic E-state index is 1.02. The summed E-state index contributed by atoms with van der Waals surface area (Å²) in [5, 5.41) is 0. The Hall–Kier alpha value is -2.03. The number of benzene rings is 2. The summed E-state index contributed by atoms with van der Waals surface area (Å²) in [6, 6.07) is 17.9. The maximum absolute atomic E-state index is 2.45. The van der Waals surface area contributed by atoms with Crippen LogP contribution in [0.4, 0.5) is 0 Å². The van der Waals surface area contributed by atoms with Crippen LogP contribution in [0, 0.1) is 0 Å². The molecule has 0 heterocycles. The molecule has 0 aliphatic carbocycles. The zero-order valence-corrected chi connectivity index (χ0v) is 23.2. The molecule has 2 rings (SSSR count). The van der Waals surface area contributed by atoms with Crippen LogP contribution in [-0.2, 0) is 6.54 Å². The molecule has 0 saturated heterocycles. The smallest absolute Gasteiger partial charge is 0.0233 e. The van der Waals surface area contributed by atoms with Crippen LogP contribution in [0.25, 0.3) is 11.1 Å². The monoisotopic (exact) mass is 475 g/mol. The second kappa shape index (κ2) is 15.8. The van der Waals surface area contributed by atoms with E-state index in [0.29, 0.717) is 0 Å². The first kappa shape index (κ1) is 28.2. The van der Waals surface area contributed by atoms with Crippen molar-refractivity contribution in [3.05, 3.63) is 89.0 Å². The van der Waals surface area contributed by atoms with Crippen LogP contribution in [0.5, 0.6) is 0 Å². The van der Waals surface area contributed by atoms with Crippen LogP contribution in [0.15, 0.2) is 88.4 Å². The second-order valence-electron chi connectivity index (χ2n) is 9.43. The average Bonchev–Trinajstić information content (AvgIpc) is 2.83. The Morgan fingerprint density at radius 2 is 1.38 bits per heavy atom. The summed E-state index contributed by atoms with van der Waals surface area (Å²) < 4.78 is 0. The molecule has 0 N–H and O–H groups in total. The van der Waals surface area contributed by atoms with Crippen LogP contribution in [0.1, 0.15) is 72.8 Å². The van der Waals surface area contributed by atoms with E-state index >= 15 is 0 Å². The molecule has 0 fully saturated rings. The summed E-state index contributed by atoms with van der Waals surface area (Å²) in [6.07, 6.45) is 11.8. The Kier molecular flexibility index (Phi) is 13.1. The fourth-order valence-corrected chi connectivity index (χ4v) is 5.00. The SMILES string of the molecule is CCN(CC)Cc1ccc(-c2ccccc2SC/C=C(\C)CC/C=C(\C)CCC=C(C)C)cc1. The van der Waals surface area contributed by atoms with Crippen molar-refractivity contribution in [2.75, 3.05) is 18.8 Å². The number of rotatable bonds is 14. The van der Waals surface area contributed by atoms with E-state index < -0.39 is 0 Å². The first-order valence-electron chi connectivity index (χ1n) is 12.9. The average molecular weight is 476 g/mol. The van der Waals surface area contributed by atoms with Gasteiger partial charge in [-0.05, 0) is 89.2 Å². The van der Waals surface area contributed by atoms with Gasteiger partial charge in [-0.15, -0.1) is 11.8 Å². The molecule has 0 spiro atoms. The van der Waals surface area contributed by atoms with E-state index in [1.54, 1.807) is 0 Å². The molecule has 0 unspecified atom stereocenters. The summed E-state index contributed by atoms with van der Waals surface area (Å²) in [7, 11) is 0. The molecule has 0 atom stereocenters. The third-order valence-corrected chi connectivity index (χ3v) is 7.25. The Morgan fingerprint density at radius 1 is 0.765 bits per heavy atom. The van der Waals surface area contributed by atoms with Crippen molar-refractivity contribution in [2.45, 2.75) is 78.7 Å². The van der Waals surface area contributed by atoms with Crippen molar-refractivity contribution in [3.8, 4) is 11.1 Å². The molecular formula is C32H45NS. The third-order valence-electron chi connectivity index (χ3n) is 6.25. The van der Waals surface area contributed by atoms with Gasteiger partial charge in [0.05, 0.1) is 0 Å². The van der Waals surface area contributed by atoms with Gasteiger partial charge < -0.3 is 0 Å². The number of thioether (sulfide) groups is 1. The number of hydrogen-bond donors (Lipinski definition) is 0. The molecule has 0 amide bonds. The number of hydrogen-bond acceptors (Lipinski definition) is 2. The molecule has 0 radical (unpaired) electrons. The highest BCUT2D eigenvalue weighted by Crippen LogP contribution is 2.32. The summed E-state index contributed by atoms with van der Waals surface area (Å²) >= 11 is 1.94. The van der Waals surface area contributed by atoms with Gasteiger partial charge in [0.25, 0.3) is 0 Å². The molecule has 0 bridgehead atoms. The largest absolute Gasteiger partial charge is 0.300 e. The zero-order valence-electron chi connectivity index (χ0n) is 22.4. The Bertz CT molecular complexity index is 941. The minimum atomic E-state index is 1.02. The fraction of sp³-hybridized carbons (Fsp3) is 0.438. The molecule has 0 saturated carbocycles. The minimum Gasteiger partial charge on any atom is -0.300 e. The van der Waals surface area contributed by atoms with Gasteiger partial charge in [-0.25, -0.2) is 0 Å². The number of nitrogens with zero attached hydrogens (tertiary/aromatic N) is 1. The maximum atomic E-state index is 2.45. The molecule has 0 aliphatic rings. The highest BCUT2D eigenvalue weighted by Gasteiger charge is 2.06. The van der Waals surface area contributed by atoms with E-state index in [0.717, 1.165) is 44.6 Å². The van der Waals surface area contributed by atoms with Crippen LogP contribution >= 0.6 is 11.8 Å². The van der Waals surface area contributed by atoms with E-state index in [1.807, 2.05) is 11.8 Å². The molecular weight excluding hydrogens is 430 g/mol. The summed E-state index contributed by atoms with van der Waals surface area (Å²) in [5.41, 5.74) is 8.44. The Balaban J connectivity index is 1.90. The van der Waals surface area contributed by atoms with Gasteiger partial charge in [0, 0.05) is 17.2 Å². The van der Waals surface area contributed by atoms with Gasteiger partial charge in [0.1, 0.15) is 0 Å². The quantitative estimate of drug-likeness (QED) is 0.197. The van der Waals surface area contributed by atoms with Gasteiger partial charge in [-0.1, -0.05) is 91.3 Å². The van der Waals surface area contributed by atoms with E-state index in [1.165, 1.54) is 44.7 Å². The molecule has 2 aromatic rings. The molecule has 0 aromatic heterocycles. The molecule has 34 heavy (non-hydrogen) atoms. The van der Waals surface area contributed by atoms with Crippen LogP contribution in [0.3, 0.4) is 0 Å². The first-order chi connectivity index (χ1) is 16.4. The lowest BCUT2D eigenvalue weighted by Crippen LogP contribution is -2.21. The predicted octanol–water partition coefficient (Wildman–Crippen LogP) is 9.71. The van der Waals surface area contributed by atoms with Crippen molar-refractivity contribution in [1.82, 2.24) is 4.90 Å². The summed E-state index contributed by atoms with van der Waals surface area (Å²) in [4.78, 5) is 3.81. The van der Waals surface area contributed by atoms with Crippen LogP contribution < -0.4 is 0 Å². The van der Waals surface area contributed by atoms with E-state index in [-0.39, 0.29) is 0 Å². The predicted molar refractivity (Wildman–Crippen MR) is 155 cm³/mol. The highest BCUT2D eigenvalue weighted by atomic mass is 32.2. The van der Waals surface area contributed by atoms with Crippen molar-refractivity contribution < 1.29 is 0 Å². The molecule has 2 aromatic carbocycles. The Labute approximate surface area is 214 Å². The highest BCUT2D eigenvalue weighted by molar-refractivity contribution is 7.99. The van der Waals surface area contributed by atoms with Gasteiger partial charge in [-0.2, -0.15) is 0 Å². The lowest BCUT2D eigenvalue weighted by atomic mass is 10.0. The molecule has 1 nitrogen and oxygen atoms in total. The normalized spacial score (nSPS) is 12.3. The topological polar surface area (TPSA) is 3.24 Å². The number of allylic oxidation sites excluding steroid dienone is 5. The van der Waals surface area contributed by atoms with Gasteiger partial charge in [-0.3, -0.25) is 4.90 Å². The molecule has 0 aliphatic heterocycles. The van der Waals surface area contributed by atoms with Crippen LogP contribution in [-0.4, -0.2) is 23.7 Å². The van der Waals surface area contributed by atoms with Crippen LogP contribution in [0.2, 0.25) is 0 Å². The standard InChI is InChI=1S/C32H45NS/c1-7-33(8-2)25-29-19-21-30(22-20-29)31-17-9-10-18-32(31)34-24-23-28(6)16-12-15-27(5)14-11-13-26(3)4/h9-10,13,15,17-23H,7-8,11-12,14,16,24-25H2,1-6H3/b27-15+,28-23+. The van der Waals surface area contributed by atoms with E-state index in [2.05, 4.69) is 113 Å². The summed E-state index contributed by atoms with van der Waals surface area (Å²) in [5.74, 6) is 1.02. The fourth-order valence-electron chi connectivity index (χ4n) is 3.94. The maximum Gasteiger partial charge on any atom is 0.0233 e. The lowest BCUT2D eigenvalue weighted by Gasteiger charge is -2.18. The van der Waals surface area contributed by atoms with Crippen molar-refractivity contribution in [3.63, 3.8) is 0 Å². The third kappa shape index (κ3) is 10.5. The van der Waals surface area contributed by atoms with Crippen molar-refractivity contribution in [2.24, 2.45) is 0 Å². The first-order valence-corrected chi connectivity index (χ1v) is 13.9. The van der Waals surface area contributed by atoms with Crippen molar-refractivity contribution >= 4 is 11.8 Å². The second-order valence-corrected chi connectivity index (χ2v) is 10.5. The Morgan fingerprint density at radius 3 is 2.03 bits per heavy atom. The summed E-state index contributed by atoms with van der Waals surface area (Å²) in [6.45, 7) is 16.6.